The summed E-state index contributed by atoms with van der Waals surface area (Å²) in [6.45, 7) is 8.27. The number of hydrogen-bond donors (Lipinski definition) is 1. The first kappa shape index (κ1) is 15.9. The summed E-state index contributed by atoms with van der Waals surface area (Å²) in [6, 6.07) is 0.0477. The van der Waals surface area contributed by atoms with Crippen LogP contribution in [0.25, 0.3) is 0 Å². The van der Waals surface area contributed by atoms with Gasteiger partial charge in [0.05, 0.1) is 28.0 Å². The van der Waals surface area contributed by atoms with E-state index in [1.165, 1.54) is 0 Å². The van der Waals surface area contributed by atoms with Crippen LogP contribution in [0, 0.1) is 0 Å². The van der Waals surface area contributed by atoms with Crippen LogP contribution in [0.3, 0.4) is 0 Å². The lowest BCUT2D eigenvalue weighted by atomic mass is 9.84. The van der Waals surface area contributed by atoms with E-state index in [0.717, 1.165) is 23.0 Å². The molecule has 1 aromatic rings. The molecule has 0 radical (unpaired) electrons. The molecule has 1 aromatic heterocycles. The second-order valence-corrected chi connectivity index (χ2v) is 6.36. The van der Waals surface area contributed by atoms with Gasteiger partial charge >= 0.3 is 0 Å². The van der Waals surface area contributed by atoms with Gasteiger partial charge in [0, 0.05) is 38.7 Å². The maximum absolute atomic E-state index is 6.60. The first-order valence-corrected chi connectivity index (χ1v) is 8.01. The van der Waals surface area contributed by atoms with Gasteiger partial charge in [0.1, 0.15) is 0 Å². The second-order valence-electron chi connectivity index (χ2n) is 5.50. The highest BCUT2D eigenvalue weighted by Gasteiger charge is 2.42. The predicted molar refractivity (Wildman–Crippen MR) is 81.7 cm³/mol. The van der Waals surface area contributed by atoms with Crippen LogP contribution in [0.5, 0.6) is 0 Å². The maximum Gasteiger partial charge on any atom is 0.0933 e. The Morgan fingerprint density at radius 3 is 2.70 bits per heavy atom. The van der Waals surface area contributed by atoms with Gasteiger partial charge in [-0.1, -0.05) is 0 Å². The molecule has 1 aliphatic rings. The first-order chi connectivity index (χ1) is 9.52. The van der Waals surface area contributed by atoms with Crippen LogP contribution in [0.2, 0.25) is 0 Å². The third kappa shape index (κ3) is 2.93. The number of nitrogens with zero attached hydrogens (tertiary/aromatic N) is 2. The van der Waals surface area contributed by atoms with Crippen molar-refractivity contribution in [3.8, 4) is 0 Å². The van der Waals surface area contributed by atoms with Crippen LogP contribution in [-0.2, 0) is 9.47 Å². The van der Waals surface area contributed by atoms with Gasteiger partial charge in [-0.3, -0.25) is 4.68 Å². The van der Waals surface area contributed by atoms with Gasteiger partial charge in [-0.2, -0.15) is 5.10 Å². The number of rotatable bonds is 5. The van der Waals surface area contributed by atoms with Crippen molar-refractivity contribution < 1.29 is 9.47 Å². The first-order valence-electron chi connectivity index (χ1n) is 7.22. The molecule has 2 heterocycles. The third-order valence-electron chi connectivity index (χ3n) is 3.91. The summed E-state index contributed by atoms with van der Waals surface area (Å²) < 4.78 is 14.5. The quantitative estimate of drug-likeness (QED) is 0.891. The van der Waals surface area contributed by atoms with E-state index < -0.39 is 0 Å². The molecule has 0 amide bonds. The van der Waals surface area contributed by atoms with E-state index in [9.17, 15) is 0 Å². The predicted octanol–water partition coefficient (Wildman–Crippen LogP) is 2.81. The molecule has 5 nitrogen and oxygen atoms in total. The summed E-state index contributed by atoms with van der Waals surface area (Å²) in [5.74, 6) is 0. The molecular formula is C14H24BrN3O2. The minimum Gasteiger partial charge on any atom is -0.381 e. The number of nitrogens with two attached hydrogens (primary N) is 1. The molecule has 2 N–H and O–H groups in total. The molecule has 0 aromatic carbocycles. The Balaban J connectivity index is 2.36. The Bertz CT molecular complexity index is 436. The smallest absolute Gasteiger partial charge is 0.0933 e. The van der Waals surface area contributed by atoms with Gasteiger partial charge in [0.15, 0.2) is 0 Å². The van der Waals surface area contributed by atoms with E-state index in [0.29, 0.717) is 19.8 Å². The van der Waals surface area contributed by atoms with Crippen molar-refractivity contribution in [1.29, 1.82) is 0 Å². The summed E-state index contributed by atoms with van der Waals surface area (Å²) >= 11 is 3.58. The van der Waals surface area contributed by atoms with E-state index in [-0.39, 0.29) is 17.7 Å². The molecule has 1 fully saturated rings. The monoisotopic (exact) mass is 345 g/mol. The highest BCUT2D eigenvalue weighted by molar-refractivity contribution is 9.10. The molecule has 6 heteroatoms. The summed E-state index contributed by atoms with van der Waals surface area (Å²) in [4.78, 5) is 0. The third-order valence-corrected chi connectivity index (χ3v) is 4.52. The molecule has 0 bridgehead atoms. The number of ether oxygens (including phenoxy) is 2. The van der Waals surface area contributed by atoms with Gasteiger partial charge in [0.2, 0.25) is 0 Å². The molecule has 0 aliphatic carbocycles. The fourth-order valence-corrected chi connectivity index (χ4v) is 3.37. The van der Waals surface area contributed by atoms with Crippen molar-refractivity contribution >= 4 is 15.9 Å². The van der Waals surface area contributed by atoms with Crippen LogP contribution >= 0.6 is 15.9 Å². The van der Waals surface area contributed by atoms with E-state index in [1.807, 2.05) is 17.8 Å². The van der Waals surface area contributed by atoms with Gasteiger partial charge in [-0.25, -0.2) is 0 Å². The summed E-state index contributed by atoms with van der Waals surface area (Å²) in [5.41, 5.74) is 7.25. The van der Waals surface area contributed by atoms with Crippen LogP contribution in [0.4, 0.5) is 0 Å². The molecule has 2 rings (SSSR count). The highest BCUT2D eigenvalue weighted by atomic mass is 79.9. The minimum absolute atomic E-state index is 0.217. The summed E-state index contributed by atoms with van der Waals surface area (Å²) in [7, 11) is 0. The average molecular weight is 346 g/mol. The van der Waals surface area contributed by atoms with Crippen molar-refractivity contribution in [2.75, 3.05) is 19.8 Å². The largest absolute Gasteiger partial charge is 0.381 e. The maximum atomic E-state index is 6.60. The van der Waals surface area contributed by atoms with E-state index >= 15 is 0 Å². The van der Waals surface area contributed by atoms with Crippen LogP contribution < -0.4 is 5.73 Å². The normalized spacial score (nSPS) is 20.3. The zero-order valence-corrected chi connectivity index (χ0v) is 14.0. The van der Waals surface area contributed by atoms with Crippen molar-refractivity contribution in [2.45, 2.75) is 51.3 Å². The number of halogens is 1. The zero-order chi connectivity index (χ0) is 14.8. The lowest BCUT2D eigenvalue weighted by molar-refractivity contribution is -0.123. The topological polar surface area (TPSA) is 62.3 Å². The van der Waals surface area contributed by atoms with E-state index in [1.54, 1.807) is 0 Å². The Morgan fingerprint density at radius 2 is 2.15 bits per heavy atom. The molecule has 20 heavy (non-hydrogen) atoms. The van der Waals surface area contributed by atoms with E-state index in [2.05, 4.69) is 34.9 Å². The molecule has 1 saturated heterocycles. The molecule has 0 saturated carbocycles. The van der Waals surface area contributed by atoms with Gasteiger partial charge < -0.3 is 15.2 Å². The Hall–Kier alpha value is -0.430. The Kier molecular flexibility index (Phi) is 5.23. The van der Waals surface area contributed by atoms with Crippen LogP contribution in [0.15, 0.2) is 10.7 Å². The van der Waals surface area contributed by atoms with Crippen molar-refractivity contribution in [1.82, 2.24) is 9.78 Å². The van der Waals surface area contributed by atoms with Crippen molar-refractivity contribution in [3.63, 3.8) is 0 Å². The van der Waals surface area contributed by atoms with Gasteiger partial charge in [-0.15, -0.1) is 0 Å². The minimum atomic E-state index is -0.359. The van der Waals surface area contributed by atoms with Gasteiger partial charge in [0.25, 0.3) is 0 Å². The van der Waals surface area contributed by atoms with Gasteiger partial charge in [-0.05, 0) is 36.7 Å². The van der Waals surface area contributed by atoms with E-state index in [4.69, 9.17) is 15.2 Å². The second kappa shape index (κ2) is 6.56. The van der Waals surface area contributed by atoms with Crippen LogP contribution in [0.1, 0.15) is 51.4 Å². The standard InChI is InChI=1S/C14H24BrN3O2/c1-4-20-14(5-7-19-8-6-14)13(16)12-11(15)9-17-18(12)10(2)3/h9-10,13H,4-8,16H2,1-3H3. The molecule has 114 valence electrons. The molecule has 1 aliphatic heterocycles. The van der Waals surface area contributed by atoms with Crippen molar-refractivity contribution in [3.05, 3.63) is 16.4 Å². The SMILES string of the molecule is CCOC1(C(N)c2c(Br)cnn2C(C)C)CCOCC1. The zero-order valence-electron chi connectivity index (χ0n) is 12.4. The number of hydrogen-bond acceptors (Lipinski definition) is 4. The molecule has 0 spiro atoms. The molecule has 1 unspecified atom stereocenters. The highest BCUT2D eigenvalue weighted by Crippen LogP contribution is 2.39. The molecule has 1 atom stereocenters. The van der Waals surface area contributed by atoms with Crippen molar-refractivity contribution in [2.24, 2.45) is 5.73 Å². The fourth-order valence-electron chi connectivity index (χ4n) is 2.85. The molecular weight excluding hydrogens is 322 g/mol. The lowest BCUT2D eigenvalue weighted by Gasteiger charge is -2.41. The fraction of sp³-hybridized carbons (Fsp3) is 0.786. The summed E-state index contributed by atoms with van der Waals surface area (Å²) in [6.07, 6.45) is 3.45. The van der Waals surface area contributed by atoms with Crippen LogP contribution in [-0.4, -0.2) is 35.2 Å². The Morgan fingerprint density at radius 1 is 1.50 bits per heavy atom. The lowest BCUT2D eigenvalue weighted by Crippen LogP contribution is -2.49. The Labute approximate surface area is 128 Å². The average Bonchev–Trinajstić information content (AvgIpc) is 2.81. The summed E-state index contributed by atoms with van der Waals surface area (Å²) in [5, 5.41) is 4.43. The number of aromatic nitrogens is 2.